The molecule has 0 fully saturated rings. The van der Waals surface area contributed by atoms with E-state index in [9.17, 15) is 4.79 Å². The van der Waals surface area contributed by atoms with Crippen LogP contribution in [0.15, 0.2) is 65.5 Å². The lowest BCUT2D eigenvalue weighted by Gasteiger charge is -2.07. The first-order chi connectivity index (χ1) is 10.2. The highest BCUT2D eigenvalue weighted by Gasteiger charge is 2.09. The number of nitrogens with one attached hydrogen (secondary N) is 2. The molecule has 104 valence electrons. The number of rotatable bonds is 3. The molecule has 0 atom stereocenters. The number of carbonyl (C=O) groups excluding carboxylic acids is 1. The number of nitrogens with zero attached hydrogens (tertiary/aromatic N) is 1. The smallest absolute Gasteiger partial charge is 0.256 e. The van der Waals surface area contributed by atoms with Crippen LogP contribution in [0.5, 0.6) is 0 Å². The number of carbonyl (C=O) groups is 1. The summed E-state index contributed by atoms with van der Waals surface area (Å²) >= 11 is 3.32. The van der Waals surface area contributed by atoms with Crippen molar-refractivity contribution in [3.63, 3.8) is 0 Å². The Balaban J connectivity index is 1.77. The van der Waals surface area contributed by atoms with Crippen molar-refractivity contribution in [2.45, 2.75) is 0 Å². The first kappa shape index (κ1) is 13.6. The predicted octanol–water partition coefficient (Wildman–Crippen LogP) is 4.09. The van der Waals surface area contributed by atoms with Crippen molar-refractivity contribution in [3.8, 4) is 11.3 Å². The molecule has 0 saturated heterocycles. The number of hydrogen-bond donors (Lipinski definition) is 2. The van der Waals surface area contributed by atoms with Gasteiger partial charge in [-0.3, -0.25) is 9.78 Å². The average Bonchev–Trinajstić information content (AvgIpc) is 3.02. The van der Waals surface area contributed by atoms with E-state index in [4.69, 9.17) is 0 Å². The van der Waals surface area contributed by atoms with Gasteiger partial charge in [-0.05, 0) is 51.8 Å². The molecule has 1 aromatic carbocycles. The van der Waals surface area contributed by atoms with Crippen molar-refractivity contribution in [1.82, 2.24) is 9.97 Å². The van der Waals surface area contributed by atoms with Gasteiger partial charge in [-0.1, -0.05) is 12.1 Å². The van der Waals surface area contributed by atoms with Crippen molar-refractivity contribution in [2.75, 3.05) is 5.32 Å². The summed E-state index contributed by atoms with van der Waals surface area (Å²) in [5, 5.41) is 2.86. The topological polar surface area (TPSA) is 57.8 Å². The number of halogens is 1. The Morgan fingerprint density at radius 3 is 2.62 bits per heavy atom. The normalized spacial score (nSPS) is 10.3. The van der Waals surface area contributed by atoms with Crippen LogP contribution in [0, 0.1) is 0 Å². The molecule has 1 amide bonds. The van der Waals surface area contributed by atoms with Gasteiger partial charge in [0, 0.05) is 34.4 Å². The van der Waals surface area contributed by atoms with Crippen molar-refractivity contribution in [2.24, 2.45) is 0 Å². The number of H-pyrrole nitrogens is 1. The zero-order chi connectivity index (χ0) is 14.7. The minimum Gasteiger partial charge on any atom is -0.361 e. The molecule has 0 radical (unpaired) electrons. The van der Waals surface area contributed by atoms with E-state index >= 15 is 0 Å². The van der Waals surface area contributed by atoms with Gasteiger partial charge in [0.15, 0.2) is 0 Å². The third-order valence-electron chi connectivity index (χ3n) is 3.07. The summed E-state index contributed by atoms with van der Waals surface area (Å²) in [5.74, 6) is -0.170. The first-order valence-electron chi connectivity index (χ1n) is 6.39. The molecule has 3 rings (SSSR count). The molecule has 4 nitrogen and oxygen atoms in total. The Hall–Kier alpha value is -2.40. The molecular weight excluding hydrogens is 330 g/mol. The lowest BCUT2D eigenvalue weighted by molar-refractivity contribution is 0.102. The molecule has 5 heteroatoms. The van der Waals surface area contributed by atoms with Crippen molar-refractivity contribution in [1.29, 1.82) is 0 Å². The largest absolute Gasteiger partial charge is 0.361 e. The van der Waals surface area contributed by atoms with Crippen LogP contribution in [-0.2, 0) is 0 Å². The minimum absolute atomic E-state index is 0.170. The van der Waals surface area contributed by atoms with Crippen LogP contribution in [0.1, 0.15) is 10.4 Å². The van der Waals surface area contributed by atoms with Crippen LogP contribution in [0.3, 0.4) is 0 Å². The molecule has 0 spiro atoms. The van der Waals surface area contributed by atoms with Gasteiger partial charge >= 0.3 is 0 Å². The first-order valence-corrected chi connectivity index (χ1v) is 7.18. The van der Waals surface area contributed by atoms with E-state index in [0.717, 1.165) is 16.9 Å². The molecule has 0 aliphatic rings. The van der Waals surface area contributed by atoms with Gasteiger partial charge in [0.1, 0.15) is 0 Å². The highest BCUT2D eigenvalue weighted by atomic mass is 79.9. The van der Waals surface area contributed by atoms with Gasteiger partial charge in [0.25, 0.3) is 5.91 Å². The molecule has 2 N–H and O–H groups in total. The van der Waals surface area contributed by atoms with Crippen LogP contribution >= 0.6 is 15.9 Å². The fraction of sp³-hybridized carbons (Fsp3) is 0. The molecule has 0 aliphatic carbocycles. The van der Waals surface area contributed by atoms with Crippen LogP contribution in [0.4, 0.5) is 5.69 Å². The van der Waals surface area contributed by atoms with Crippen LogP contribution in [-0.4, -0.2) is 15.9 Å². The van der Waals surface area contributed by atoms with Gasteiger partial charge in [0.2, 0.25) is 0 Å². The van der Waals surface area contributed by atoms with E-state index in [1.54, 1.807) is 18.5 Å². The molecule has 21 heavy (non-hydrogen) atoms. The summed E-state index contributed by atoms with van der Waals surface area (Å²) in [5.41, 5.74) is 3.42. The zero-order valence-corrected chi connectivity index (χ0v) is 12.6. The number of hydrogen-bond acceptors (Lipinski definition) is 2. The fourth-order valence-electron chi connectivity index (χ4n) is 2.00. The molecule has 0 aliphatic heterocycles. The molecule has 2 heterocycles. The van der Waals surface area contributed by atoms with Gasteiger partial charge in [-0.15, -0.1) is 0 Å². The number of aromatic nitrogens is 2. The maximum absolute atomic E-state index is 12.2. The van der Waals surface area contributed by atoms with E-state index in [1.165, 1.54) is 0 Å². The van der Waals surface area contributed by atoms with Crippen LogP contribution in [0.2, 0.25) is 0 Å². The van der Waals surface area contributed by atoms with Crippen molar-refractivity contribution in [3.05, 3.63) is 71.1 Å². The van der Waals surface area contributed by atoms with E-state index in [0.29, 0.717) is 10.0 Å². The van der Waals surface area contributed by atoms with E-state index in [2.05, 4.69) is 31.2 Å². The molecule has 3 aromatic rings. The molecular formula is C16H12BrN3O. The summed E-state index contributed by atoms with van der Waals surface area (Å²) in [7, 11) is 0. The SMILES string of the molecule is O=C(Nc1ccc(-c2ccc[nH]2)cc1)c1ccncc1Br. The highest BCUT2D eigenvalue weighted by molar-refractivity contribution is 9.10. The highest BCUT2D eigenvalue weighted by Crippen LogP contribution is 2.21. The second-order valence-electron chi connectivity index (χ2n) is 4.47. The van der Waals surface area contributed by atoms with Gasteiger partial charge in [-0.25, -0.2) is 0 Å². The van der Waals surface area contributed by atoms with E-state index in [-0.39, 0.29) is 5.91 Å². The van der Waals surface area contributed by atoms with Crippen molar-refractivity contribution < 1.29 is 4.79 Å². The fourth-order valence-corrected chi connectivity index (χ4v) is 2.43. The van der Waals surface area contributed by atoms with Gasteiger partial charge in [-0.2, -0.15) is 0 Å². The Kier molecular flexibility index (Phi) is 3.83. The molecule has 0 bridgehead atoms. The Labute approximate surface area is 130 Å². The molecule has 0 unspecified atom stereocenters. The molecule has 2 aromatic heterocycles. The van der Waals surface area contributed by atoms with E-state index in [1.807, 2.05) is 42.6 Å². The Bertz CT molecular complexity index is 751. The summed E-state index contributed by atoms with van der Waals surface area (Å²) in [4.78, 5) is 19.3. The standard InChI is InChI=1S/C16H12BrN3O/c17-14-10-18-9-7-13(14)16(21)20-12-5-3-11(4-6-12)15-2-1-8-19-15/h1-10,19H,(H,20,21). The van der Waals surface area contributed by atoms with Crippen LogP contribution < -0.4 is 5.32 Å². The van der Waals surface area contributed by atoms with Gasteiger partial charge in [0.05, 0.1) is 5.56 Å². The number of aromatic amines is 1. The molecule has 0 saturated carbocycles. The quantitative estimate of drug-likeness (QED) is 0.753. The maximum Gasteiger partial charge on any atom is 0.256 e. The Morgan fingerprint density at radius 2 is 1.95 bits per heavy atom. The lowest BCUT2D eigenvalue weighted by atomic mass is 10.1. The summed E-state index contributed by atoms with van der Waals surface area (Å²) in [6, 6.07) is 13.3. The second kappa shape index (κ2) is 5.93. The van der Waals surface area contributed by atoms with Gasteiger partial charge < -0.3 is 10.3 Å². The lowest BCUT2D eigenvalue weighted by Crippen LogP contribution is -2.12. The summed E-state index contributed by atoms with van der Waals surface area (Å²) in [6.45, 7) is 0. The summed E-state index contributed by atoms with van der Waals surface area (Å²) < 4.78 is 0.672. The van der Waals surface area contributed by atoms with E-state index < -0.39 is 0 Å². The van der Waals surface area contributed by atoms with Crippen LogP contribution in [0.25, 0.3) is 11.3 Å². The zero-order valence-electron chi connectivity index (χ0n) is 11.0. The summed E-state index contributed by atoms with van der Waals surface area (Å²) in [6.07, 6.45) is 5.07. The second-order valence-corrected chi connectivity index (χ2v) is 5.33. The maximum atomic E-state index is 12.2. The average molecular weight is 342 g/mol. The Morgan fingerprint density at radius 1 is 1.14 bits per heavy atom. The monoisotopic (exact) mass is 341 g/mol. The number of pyridine rings is 1. The minimum atomic E-state index is -0.170. The predicted molar refractivity (Wildman–Crippen MR) is 86.1 cm³/mol. The third-order valence-corrected chi connectivity index (χ3v) is 3.70. The number of benzene rings is 1. The third kappa shape index (κ3) is 3.03. The number of anilines is 1. The number of amides is 1. The van der Waals surface area contributed by atoms with Crippen molar-refractivity contribution >= 4 is 27.5 Å².